The van der Waals surface area contributed by atoms with Crippen molar-refractivity contribution in [1.82, 2.24) is 9.62 Å². The molecule has 24 heavy (non-hydrogen) atoms. The van der Waals surface area contributed by atoms with Crippen molar-refractivity contribution in [1.29, 1.82) is 0 Å². The highest BCUT2D eigenvalue weighted by Gasteiger charge is 2.24. The Bertz CT molecular complexity index is 853. The normalized spacial score (nSPS) is 11.7. The van der Waals surface area contributed by atoms with E-state index in [0.717, 1.165) is 15.6 Å². The molecule has 5 nitrogen and oxygen atoms in total. The van der Waals surface area contributed by atoms with Crippen LogP contribution in [0.15, 0.2) is 34.5 Å². The van der Waals surface area contributed by atoms with Gasteiger partial charge in [-0.3, -0.25) is 4.79 Å². The number of sulfonamides is 1. The van der Waals surface area contributed by atoms with Crippen LogP contribution in [-0.4, -0.2) is 32.2 Å². The first-order chi connectivity index (χ1) is 11.2. The fraction of sp³-hybridized carbons (Fsp3) is 0.214. The number of hydrogen-bond donors (Lipinski definition) is 1. The number of likely N-dealkylation sites (N-methyl/N-ethyl adjacent to an activating group) is 1. The summed E-state index contributed by atoms with van der Waals surface area (Å²) in [4.78, 5) is 12.0. The molecule has 1 aromatic heterocycles. The molecule has 1 heterocycles. The van der Waals surface area contributed by atoms with Crippen LogP contribution in [0.3, 0.4) is 0 Å². The number of carbonyl (C=O) groups is 1. The van der Waals surface area contributed by atoms with Crippen molar-refractivity contribution < 1.29 is 13.2 Å². The van der Waals surface area contributed by atoms with Gasteiger partial charge in [-0.2, -0.15) is 4.31 Å². The first-order valence-electron chi connectivity index (χ1n) is 6.62. The van der Waals surface area contributed by atoms with Crippen molar-refractivity contribution in [3.05, 3.63) is 50.3 Å². The van der Waals surface area contributed by atoms with Crippen LogP contribution in [0.1, 0.15) is 5.56 Å². The van der Waals surface area contributed by atoms with Crippen molar-refractivity contribution >= 4 is 62.1 Å². The van der Waals surface area contributed by atoms with E-state index in [4.69, 9.17) is 34.8 Å². The summed E-state index contributed by atoms with van der Waals surface area (Å²) in [5.74, 6) is -0.449. The number of nitrogens with zero attached hydrogens (tertiary/aromatic N) is 1. The maximum atomic E-state index is 12.3. The van der Waals surface area contributed by atoms with E-state index < -0.39 is 15.9 Å². The van der Waals surface area contributed by atoms with E-state index in [1.807, 2.05) is 0 Å². The third kappa shape index (κ3) is 4.84. The summed E-state index contributed by atoms with van der Waals surface area (Å²) in [5, 5.41) is 3.55. The van der Waals surface area contributed by atoms with Gasteiger partial charge in [0.15, 0.2) is 0 Å². The summed E-state index contributed by atoms with van der Waals surface area (Å²) in [6.45, 7) is -0.142. The highest BCUT2D eigenvalue weighted by Crippen LogP contribution is 2.27. The van der Waals surface area contributed by atoms with Crippen LogP contribution in [0.25, 0.3) is 0 Å². The molecule has 0 bridgehead atoms. The average molecular weight is 428 g/mol. The summed E-state index contributed by atoms with van der Waals surface area (Å²) >= 11 is 18.5. The molecular formula is C14H13Cl3N2O3S2. The SMILES string of the molecule is CN(CC(=O)NCc1ccc(Cl)cc1Cl)S(=O)(=O)c1ccc(Cl)s1. The van der Waals surface area contributed by atoms with Crippen LogP contribution in [0, 0.1) is 0 Å². The summed E-state index contributed by atoms with van der Waals surface area (Å²) < 4.78 is 26.0. The Hall–Kier alpha value is -0.830. The molecule has 0 unspecified atom stereocenters. The van der Waals surface area contributed by atoms with Crippen LogP contribution >= 0.6 is 46.1 Å². The molecule has 0 aliphatic rings. The Balaban J connectivity index is 1.96. The standard InChI is InChI=1S/C14H13Cl3N2O3S2/c1-19(24(21,22)14-5-4-12(17)23-14)8-13(20)18-7-9-2-3-10(15)6-11(9)16/h2-6H,7-8H2,1H3,(H,18,20). The molecule has 0 saturated carbocycles. The van der Waals surface area contributed by atoms with Gasteiger partial charge in [0.05, 0.1) is 10.9 Å². The van der Waals surface area contributed by atoms with Crippen molar-refractivity contribution in [2.24, 2.45) is 0 Å². The average Bonchev–Trinajstić information content (AvgIpc) is 2.93. The second-order valence-electron chi connectivity index (χ2n) is 4.83. The number of amides is 1. The minimum Gasteiger partial charge on any atom is -0.351 e. The molecule has 2 aromatic rings. The van der Waals surface area contributed by atoms with E-state index in [9.17, 15) is 13.2 Å². The molecular weight excluding hydrogens is 415 g/mol. The third-order valence-electron chi connectivity index (χ3n) is 3.07. The summed E-state index contributed by atoms with van der Waals surface area (Å²) in [6.07, 6.45) is 0. The fourth-order valence-corrected chi connectivity index (χ4v) is 5.09. The van der Waals surface area contributed by atoms with Gasteiger partial charge < -0.3 is 5.32 Å². The van der Waals surface area contributed by atoms with Gasteiger partial charge in [-0.05, 0) is 29.8 Å². The van der Waals surface area contributed by atoms with Gasteiger partial charge >= 0.3 is 0 Å². The summed E-state index contributed by atoms with van der Waals surface area (Å²) in [5.41, 5.74) is 0.685. The Morgan fingerprint density at radius 3 is 2.50 bits per heavy atom. The van der Waals surface area contributed by atoms with Crippen molar-refractivity contribution in [2.75, 3.05) is 13.6 Å². The van der Waals surface area contributed by atoms with Gasteiger partial charge in [0, 0.05) is 23.6 Å². The van der Waals surface area contributed by atoms with Gasteiger partial charge in [0.2, 0.25) is 5.91 Å². The number of hydrogen-bond acceptors (Lipinski definition) is 4. The van der Waals surface area contributed by atoms with E-state index in [0.29, 0.717) is 19.9 Å². The third-order valence-corrected chi connectivity index (χ3v) is 7.16. The monoisotopic (exact) mass is 426 g/mol. The fourth-order valence-electron chi connectivity index (χ4n) is 1.79. The van der Waals surface area contributed by atoms with Gasteiger partial charge in [0.25, 0.3) is 10.0 Å². The number of benzene rings is 1. The van der Waals surface area contributed by atoms with Crippen LogP contribution in [0.2, 0.25) is 14.4 Å². The van der Waals surface area contributed by atoms with E-state index in [1.54, 1.807) is 18.2 Å². The second-order valence-corrected chi connectivity index (χ2v) is 9.66. The molecule has 0 aliphatic heterocycles. The molecule has 0 fully saturated rings. The van der Waals surface area contributed by atoms with Crippen molar-refractivity contribution in [3.63, 3.8) is 0 Å². The summed E-state index contributed by atoms with van der Waals surface area (Å²) in [7, 11) is -2.42. The molecule has 0 atom stereocenters. The molecule has 0 saturated heterocycles. The topological polar surface area (TPSA) is 66.5 Å². The largest absolute Gasteiger partial charge is 0.351 e. The van der Waals surface area contributed by atoms with Gasteiger partial charge in [-0.25, -0.2) is 8.42 Å². The quantitative estimate of drug-likeness (QED) is 0.765. The van der Waals surface area contributed by atoms with Gasteiger partial charge in [0.1, 0.15) is 4.21 Å². The summed E-state index contributed by atoms with van der Waals surface area (Å²) in [6, 6.07) is 7.83. The Morgan fingerprint density at radius 1 is 1.21 bits per heavy atom. The maximum Gasteiger partial charge on any atom is 0.252 e. The predicted octanol–water partition coefficient (Wildman–Crippen LogP) is 3.65. The minimum absolute atomic E-state index is 0.0866. The lowest BCUT2D eigenvalue weighted by Crippen LogP contribution is -2.37. The Labute approximate surface area is 159 Å². The molecule has 10 heteroatoms. The van der Waals surface area contributed by atoms with E-state index in [-0.39, 0.29) is 17.3 Å². The lowest BCUT2D eigenvalue weighted by Gasteiger charge is -2.16. The van der Waals surface area contributed by atoms with Crippen LogP contribution in [-0.2, 0) is 21.4 Å². The van der Waals surface area contributed by atoms with E-state index in [2.05, 4.69) is 5.32 Å². The predicted molar refractivity (Wildman–Crippen MR) is 97.5 cm³/mol. The smallest absolute Gasteiger partial charge is 0.252 e. The molecule has 1 N–H and O–H groups in total. The van der Waals surface area contributed by atoms with Crippen LogP contribution in [0.4, 0.5) is 0 Å². The highest BCUT2D eigenvalue weighted by molar-refractivity contribution is 7.91. The first-order valence-corrected chi connectivity index (χ1v) is 10.0. The Kier molecular flexibility index (Phi) is 6.52. The lowest BCUT2D eigenvalue weighted by atomic mass is 10.2. The highest BCUT2D eigenvalue weighted by atomic mass is 35.5. The van der Waals surface area contributed by atoms with Crippen molar-refractivity contribution in [3.8, 4) is 0 Å². The number of carbonyl (C=O) groups excluding carboxylic acids is 1. The number of halogens is 3. The molecule has 130 valence electrons. The first kappa shape index (κ1) is 19.5. The number of rotatable bonds is 6. The van der Waals surface area contributed by atoms with Gasteiger partial charge in [-0.15, -0.1) is 11.3 Å². The molecule has 0 spiro atoms. The van der Waals surface area contributed by atoms with Gasteiger partial charge in [-0.1, -0.05) is 40.9 Å². The second kappa shape index (κ2) is 8.03. The number of nitrogens with one attached hydrogen (secondary N) is 1. The molecule has 1 amide bonds. The number of thiophene rings is 1. The van der Waals surface area contributed by atoms with E-state index in [1.165, 1.54) is 19.2 Å². The zero-order valence-electron chi connectivity index (χ0n) is 12.4. The molecule has 0 aliphatic carbocycles. The van der Waals surface area contributed by atoms with E-state index >= 15 is 0 Å². The molecule has 0 radical (unpaired) electrons. The molecule has 2 rings (SSSR count). The lowest BCUT2D eigenvalue weighted by molar-refractivity contribution is -0.121. The van der Waals surface area contributed by atoms with Crippen LogP contribution in [0.5, 0.6) is 0 Å². The molecule has 1 aromatic carbocycles. The zero-order chi connectivity index (χ0) is 17.9. The maximum absolute atomic E-state index is 12.3. The zero-order valence-corrected chi connectivity index (χ0v) is 16.3. The van der Waals surface area contributed by atoms with Crippen LogP contribution < -0.4 is 5.32 Å². The van der Waals surface area contributed by atoms with Crippen molar-refractivity contribution in [2.45, 2.75) is 10.8 Å². The minimum atomic E-state index is -3.75. The Morgan fingerprint density at radius 2 is 1.92 bits per heavy atom.